The molecule has 0 heterocycles. The number of carbonyl (C=O) groups is 3. The third-order valence-electron chi connectivity index (χ3n) is 10.4. The standard InChI is InChI=1S/C50H84N12O3S6/c1-3-21-60(24-18-57-41(2)52)46(63)15-33-70-39-44-12-4-10-42(35-44)38-69-29-8-23-62(26-20-59-50(55)56)48(65)16-34-71-40-45-13-5-11-43(36-45)37-68-28-7-22-61(25-19-58-49(53)54)47(64)14-32-67-31-9-30-66-27-6-17-51/h3-5,10-13,35-36H,1,6-9,14-34,37-40,51H2,2H3,(H2,52,57)(H4,53,54,58)(H4,55,56,59). The highest BCUT2D eigenvalue weighted by atomic mass is 32.2. The molecule has 15 nitrogen and oxygen atoms in total. The van der Waals surface area contributed by atoms with Crippen molar-refractivity contribution in [2.45, 2.75) is 74.9 Å². The van der Waals surface area contributed by atoms with Crippen molar-refractivity contribution in [2.75, 3.05) is 111 Å². The molecule has 0 fully saturated rings. The molecule has 0 aliphatic heterocycles. The second-order valence-electron chi connectivity index (χ2n) is 16.6. The molecule has 2 aromatic rings. The van der Waals surface area contributed by atoms with Crippen LogP contribution >= 0.6 is 70.6 Å². The van der Waals surface area contributed by atoms with Gasteiger partial charge in [0.05, 0.1) is 25.5 Å². The highest BCUT2D eigenvalue weighted by Crippen LogP contribution is 2.21. The third-order valence-corrected chi connectivity index (χ3v) is 16.9. The lowest BCUT2D eigenvalue weighted by Gasteiger charge is -2.22. The maximum absolute atomic E-state index is 13.4. The second-order valence-corrected chi connectivity index (χ2v) is 23.4. The minimum atomic E-state index is 0.0266. The topological polar surface area (TPSA) is 254 Å². The number of nitrogens with zero attached hydrogens (tertiary/aromatic N) is 6. The van der Waals surface area contributed by atoms with Crippen molar-refractivity contribution in [3.05, 3.63) is 83.4 Å². The zero-order valence-electron chi connectivity index (χ0n) is 42.2. The number of carbonyl (C=O) groups excluding carboxylic acids is 3. The molecule has 21 heteroatoms. The van der Waals surface area contributed by atoms with Gasteiger partial charge in [-0.25, -0.2) is 0 Å². The number of aliphatic imine (C=N–C) groups is 3. The van der Waals surface area contributed by atoms with Crippen LogP contribution in [0, 0.1) is 0 Å². The number of rotatable bonds is 43. The first-order valence-electron chi connectivity index (χ1n) is 24.5. The SMILES string of the molecule is C=CCN(CCN=C(C)N)C(=O)CCSCc1cccc(CSCCCN(CCN=C(N)N)C(=O)CCSCc2cccc(CSCCCN(CCN=C(N)N)C(=O)CCSCCCSCCCN)c2)c1. The van der Waals surface area contributed by atoms with E-state index in [1.165, 1.54) is 22.3 Å². The number of amidine groups is 1. The molecule has 0 spiro atoms. The lowest BCUT2D eigenvalue weighted by Crippen LogP contribution is -2.35. The van der Waals surface area contributed by atoms with Crippen LogP contribution in [0.15, 0.2) is 76.2 Å². The Kier molecular flexibility index (Phi) is 37.8. The summed E-state index contributed by atoms with van der Waals surface area (Å²) in [6, 6.07) is 17.3. The Morgan fingerprint density at radius 3 is 1.30 bits per heavy atom. The number of benzene rings is 2. The van der Waals surface area contributed by atoms with E-state index in [9.17, 15) is 14.4 Å². The Morgan fingerprint density at radius 2 is 0.873 bits per heavy atom. The molecule has 0 radical (unpaired) electrons. The molecule has 2 rings (SSSR count). The van der Waals surface area contributed by atoms with Gasteiger partial charge in [-0.2, -0.15) is 70.6 Å². The normalized spacial score (nSPS) is 11.3. The molecule has 0 atom stereocenters. The van der Waals surface area contributed by atoms with Gasteiger partial charge in [0.15, 0.2) is 11.9 Å². The monoisotopic (exact) mass is 1090 g/mol. The van der Waals surface area contributed by atoms with Crippen molar-refractivity contribution in [1.29, 1.82) is 0 Å². The molecule has 398 valence electrons. The Balaban J connectivity index is 1.73. The van der Waals surface area contributed by atoms with Crippen molar-refractivity contribution < 1.29 is 14.4 Å². The van der Waals surface area contributed by atoms with Crippen molar-refractivity contribution in [3.8, 4) is 0 Å². The van der Waals surface area contributed by atoms with Crippen LogP contribution in [-0.4, -0.2) is 162 Å². The summed E-state index contributed by atoms with van der Waals surface area (Å²) in [4.78, 5) is 57.4. The Hall–Kier alpha value is -3.34. The summed E-state index contributed by atoms with van der Waals surface area (Å²) in [5.41, 5.74) is 38.5. The van der Waals surface area contributed by atoms with Gasteiger partial charge in [0.2, 0.25) is 17.7 Å². The lowest BCUT2D eigenvalue weighted by molar-refractivity contribution is -0.131. The molecule has 0 unspecified atom stereocenters. The number of nitrogens with two attached hydrogens (primary N) is 6. The predicted octanol–water partition coefficient (Wildman–Crippen LogP) is 6.07. The van der Waals surface area contributed by atoms with Crippen LogP contribution in [0.5, 0.6) is 0 Å². The summed E-state index contributed by atoms with van der Waals surface area (Å²) >= 11 is 11.1. The quantitative estimate of drug-likeness (QED) is 0.0191. The summed E-state index contributed by atoms with van der Waals surface area (Å²) in [6.07, 6.45) is 7.14. The highest BCUT2D eigenvalue weighted by Gasteiger charge is 2.15. The summed E-state index contributed by atoms with van der Waals surface area (Å²) in [5.74, 6) is 11.9. The van der Waals surface area contributed by atoms with E-state index in [-0.39, 0.29) is 29.6 Å². The fraction of sp³-hybridized carbons (Fsp3) is 0.600. The third kappa shape index (κ3) is 33.9. The van der Waals surface area contributed by atoms with Crippen LogP contribution in [-0.2, 0) is 37.4 Å². The maximum atomic E-state index is 13.4. The Morgan fingerprint density at radius 1 is 0.507 bits per heavy atom. The molecule has 0 saturated carbocycles. The number of guanidine groups is 2. The van der Waals surface area contributed by atoms with Gasteiger partial charge in [-0.1, -0.05) is 54.6 Å². The van der Waals surface area contributed by atoms with Gasteiger partial charge in [0, 0.05) is 98.8 Å². The molecule has 0 saturated heterocycles. The zero-order chi connectivity index (χ0) is 51.7. The molecular formula is C50H84N12O3S6. The minimum absolute atomic E-state index is 0.0266. The van der Waals surface area contributed by atoms with Gasteiger partial charge in [-0.3, -0.25) is 29.4 Å². The Labute approximate surface area is 451 Å². The Bertz CT molecular complexity index is 1880. The molecule has 3 amide bonds. The first-order valence-corrected chi connectivity index (χ1v) is 31.5. The number of hydrogen-bond donors (Lipinski definition) is 6. The largest absolute Gasteiger partial charge is 0.388 e. The van der Waals surface area contributed by atoms with E-state index in [2.05, 4.69) is 70.1 Å². The van der Waals surface area contributed by atoms with E-state index in [0.717, 1.165) is 101 Å². The van der Waals surface area contributed by atoms with Crippen LogP contribution in [0.1, 0.15) is 74.1 Å². The minimum Gasteiger partial charge on any atom is -0.388 e. The molecule has 71 heavy (non-hydrogen) atoms. The van der Waals surface area contributed by atoms with E-state index in [0.29, 0.717) is 84.0 Å². The van der Waals surface area contributed by atoms with Gasteiger partial charge < -0.3 is 49.1 Å². The molecule has 12 N–H and O–H groups in total. The molecule has 0 aromatic heterocycles. The second kappa shape index (κ2) is 42.1. The van der Waals surface area contributed by atoms with Gasteiger partial charge in [-0.05, 0) is 90.2 Å². The van der Waals surface area contributed by atoms with Gasteiger partial charge >= 0.3 is 0 Å². The molecular weight excluding hydrogens is 1010 g/mol. The van der Waals surface area contributed by atoms with E-state index < -0.39 is 0 Å². The van der Waals surface area contributed by atoms with E-state index in [4.69, 9.17) is 34.4 Å². The maximum Gasteiger partial charge on any atom is 0.223 e. The summed E-state index contributed by atoms with van der Waals surface area (Å²) < 4.78 is 0. The van der Waals surface area contributed by atoms with Crippen molar-refractivity contribution in [2.24, 2.45) is 49.4 Å². The lowest BCUT2D eigenvalue weighted by atomic mass is 10.2. The van der Waals surface area contributed by atoms with Crippen molar-refractivity contribution >= 4 is 106 Å². The van der Waals surface area contributed by atoms with Gasteiger partial charge in [0.1, 0.15) is 0 Å². The van der Waals surface area contributed by atoms with Crippen molar-refractivity contribution in [3.63, 3.8) is 0 Å². The smallest absolute Gasteiger partial charge is 0.223 e. The van der Waals surface area contributed by atoms with Crippen LogP contribution in [0.25, 0.3) is 0 Å². The summed E-state index contributed by atoms with van der Waals surface area (Å²) in [5, 5.41) is 0. The zero-order valence-corrected chi connectivity index (χ0v) is 47.1. The van der Waals surface area contributed by atoms with Gasteiger partial charge in [0.25, 0.3) is 0 Å². The van der Waals surface area contributed by atoms with Gasteiger partial charge in [-0.15, -0.1) is 6.58 Å². The molecule has 0 aliphatic carbocycles. The van der Waals surface area contributed by atoms with Crippen LogP contribution in [0.4, 0.5) is 0 Å². The highest BCUT2D eigenvalue weighted by molar-refractivity contribution is 8.00. The van der Waals surface area contributed by atoms with E-state index in [1.54, 1.807) is 41.4 Å². The fourth-order valence-corrected chi connectivity index (χ4v) is 12.4. The first kappa shape index (κ1) is 63.8. The summed E-state index contributed by atoms with van der Waals surface area (Å²) in [7, 11) is 0. The average Bonchev–Trinajstić information content (AvgIpc) is 3.34. The number of amides is 3. The molecule has 0 bridgehead atoms. The first-order chi connectivity index (χ1) is 34.4. The number of thioether (sulfide) groups is 6. The summed E-state index contributed by atoms with van der Waals surface area (Å²) in [6.45, 7) is 10.9. The van der Waals surface area contributed by atoms with Crippen LogP contribution < -0.4 is 34.4 Å². The van der Waals surface area contributed by atoms with Crippen LogP contribution in [0.3, 0.4) is 0 Å². The van der Waals surface area contributed by atoms with E-state index >= 15 is 0 Å². The number of hydrogen-bond acceptors (Lipinski definition) is 13. The molecule has 2 aromatic carbocycles. The fourth-order valence-electron chi connectivity index (χ4n) is 6.84. The average molecular weight is 1090 g/mol. The predicted molar refractivity (Wildman–Crippen MR) is 317 cm³/mol. The van der Waals surface area contributed by atoms with E-state index in [1.807, 2.05) is 56.8 Å². The molecule has 0 aliphatic rings. The van der Waals surface area contributed by atoms with Crippen LogP contribution in [0.2, 0.25) is 0 Å². The van der Waals surface area contributed by atoms with Crippen molar-refractivity contribution in [1.82, 2.24) is 14.7 Å².